The molecular formula is C23H18N4O. The molecule has 0 radical (unpaired) electrons. The maximum Gasteiger partial charge on any atom is 0.224 e. The monoisotopic (exact) mass is 366 g/mol. The summed E-state index contributed by atoms with van der Waals surface area (Å²) in [5.74, 6) is 6.83. The predicted octanol–water partition coefficient (Wildman–Crippen LogP) is 3.93. The number of nitrogens with one attached hydrogen (secondary N) is 2. The van der Waals surface area contributed by atoms with Crippen molar-refractivity contribution in [1.29, 1.82) is 0 Å². The number of rotatable bonds is 4. The van der Waals surface area contributed by atoms with Crippen molar-refractivity contribution in [2.75, 3.05) is 5.32 Å². The van der Waals surface area contributed by atoms with E-state index >= 15 is 0 Å². The van der Waals surface area contributed by atoms with Crippen LogP contribution in [-0.2, 0) is 11.2 Å². The Kier molecular flexibility index (Phi) is 5.12. The van der Waals surface area contributed by atoms with E-state index in [0.29, 0.717) is 18.5 Å². The molecule has 0 aliphatic carbocycles. The SMILES string of the molecule is O=C(CCc1nc2ccccc2[nH]1)Nc1cccc(C#Cc2ccccn2)c1. The van der Waals surface area contributed by atoms with Crippen LogP contribution in [0.2, 0.25) is 0 Å². The first kappa shape index (κ1) is 17.5. The number of nitrogens with zero attached hydrogens (tertiary/aromatic N) is 2. The van der Waals surface area contributed by atoms with Crippen LogP contribution in [0.4, 0.5) is 5.69 Å². The second-order valence-corrected chi connectivity index (χ2v) is 6.29. The summed E-state index contributed by atoms with van der Waals surface area (Å²) in [6, 6.07) is 20.9. The number of para-hydroxylation sites is 2. The largest absolute Gasteiger partial charge is 0.342 e. The average Bonchev–Trinajstić information content (AvgIpc) is 3.15. The first-order chi connectivity index (χ1) is 13.8. The number of anilines is 1. The number of carbonyl (C=O) groups is 1. The Morgan fingerprint density at radius 3 is 2.75 bits per heavy atom. The normalized spacial score (nSPS) is 10.3. The van der Waals surface area contributed by atoms with Crippen LogP contribution >= 0.6 is 0 Å². The van der Waals surface area contributed by atoms with Gasteiger partial charge in [0.25, 0.3) is 0 Å². The van der Waals surface area contributed by atoms with Gasteiger partial charge in [-0.3, -0.25) is 4.79 Å². The summed E-state index contributed by atoms with van der Waals surface area (Å²) in [5, 5.41) is 2.92. The Hall–Kier alpha value is -3.91. The number of imidazole rings is 1. The smallest absolute Gasteiger partial charge is 0.224 e. The van der Waals surface area contributed by atoms with Crippen LogP contribution in [0.25, 0.3) is 11.0 Å². The minimum absolute atomic E-state index is 0.0599. The van der Waals surface area contributed by atoms with E-state index in [9.17, 15) is 4.79 Å². The number of amides is 1. The topological polar surface area (TPSA) is 70.7 Å². The fraction of sp³-hybridized carbons (Fsp3) is 0.0870. The number of pyridine rings is 1. The number of carbonyl (C=O) groups excluding carboxylic acids is 1. The van der Waals surface area contributed by atoms with E-state index in [0.717, 1.165) is 28.1 Å². The maximum absolute atomic E-state index is 12.3. The van der Waals surface area contributed by atoms with Gasteiger partial charge in [-0.1, -0.05) is 30.2 Å². The molecule has 0 aliphatic heterocycles. The number of aromatic amines is 1. The summed E-state index contributed by atoms with van der Waals surface area (Å²) >= 11 is 0. The number of fused-ring (bicyclic) bond motifs is 1. The second-order valence-electron chi connectivity index (χ2n) is 6.29. The molecule has 0 bridgehead atoms. The molecular weight excluding hydrogens is 348 g/mol. The molecule has 0 saturated heterocycles. The third-order valence-electron chi connectivity index (χ3n) is 4.17. The molecule has 28 heavy (non-hydrogen) atoms. The number of aryl methyl sites for hydroxylation is 1. The first-order valence-electron chi connectivity index (χ1n) is 9.03. The van der Waals surface area contributed by atoms with E-state index in [1.165, 1.54) is 0 Å². The van der Waals surface area contributed by atoms with E-state index in [2.05, 4.69) is 32.1 Å². The van der Waals surface area contributed by atoms with E-state index < -0.39 is 0 Å². The van der Waals surface area contributed by atoms with Gasteiger partial charge in [0.05, 0.1) is 11.0 Å². The van der Waals surface area contributed by atoms with Crippen molar-refractivity contribution in [3.63, 3.8) is 0 Å². The molecule has 5 nitrogen and oxygen atoms in total. The highest BCUT2D eigenvalue weighted by atomic mass is 16.1. The molecule has 0 aliphatic rings. The third-order valence-corrected chi connectivity index (χ3v) is 4.17. The van der Waals surface area contributed by atoms with Crippen molar-refractivity contribution in [2.24, 2.45) is 0 Å². The summed E-state index contributed by atoms with van der Waals surface area (Å²) in [6.07, 6.45) is 2.62. The van der Waals surface area contributed by atoms with Gasteiger partial charge < -0.3 is 10.3 Å². The Morgan fingerprint density at radius 2 is 1.89 bits per heavy atom. The van der Waals surface area contributed by atoms with Crippen LogP contribution in [0.5, 0.6) is 0 Å². The minimum Gasteiger partial charge on any atom is -0.342 e. The fourth-order valence-corrected chi connectivity index (χ4v) is 2.83. The highest BCUT2D eigenvalue weighted by Gasteiger charge is 2.07. The highest BCUT2D eigenvalue weighted by Crippen LogP contribution is 2.13. The van der Waals surface area contributed by atoms with Gasteiger partial charge in [-0.2, -0.15) is 0 Å². The van der Waals surface area contributed by atoms with Crippen LogP contribution in [0.15, 0.2) is 72.9 Å². The van der Waals surface area contributed by atoms with Gasteiger partial charge in [0, 0.05) is 30.3 Å². The Bertz CT molecular complexity index is 1140. The predicted molar refractivity (Wildman–Crippen MR) is 110 cm³/mol. The Labute approximate surface area is 162 Å². The number of aromatic nitrogens is 3. The zero-order valence-corrected chi connectivity index (χ0v) is 15.1. The van der Waals surface area contributed by atoms with E-state index in [4.69, 9.17) is 0 Å². The van der Waals surface area contributed by atoms with Crippen molar-refractivity contribution in [2.45, 2.75) is 12.8 Å². The lowest BCUT2D eigenvalue weighted by Gasteiger charge is -2.05. The molecule has 2 heterocycles. The third kappa shape index (κ3) is 4.43. The van der Waals surface area contributed by atoms with Gasteiger partial charge in [-0.15, -0.1) is 0 Å². The highest BCUT2D eigenvalue weighted by molar-refractivity contribution is 5.91. The Balaban J connectivity index is 1.37. The molecule has 136 valence electrons. The van der Waals surface area contributed by atoms with Crippen molar-refractivity contribution < 1.29 is 4.79 Å². The van der Waals surface area contributed by atoms with Crippen molar-refractivity contribution in [1.82, 2.24) is 15.0 Å². The van der Waals surface area contributed by atoms with Crippen LogP contribution in [0, 0.1) is 11.8 Å². The van der Waals surface area contributed by atoms with Gasteiger partial charge in [-0.25, -0.2) is 9.97 Å². The molecule has 1 amide bonds. The van der Waals surface area contributed by atoms with Gasteiger partial charge in [0.2, 0.25) is 5.91 Å². The molecule has 0 unspecified atom stereocenters. The summed E-state index contributed by atoms with van der Waals surface area (Å²) in [5.41, 5.74) is 4.15. The van der Waals surface area contributed by atoms with Gasteiger partial charge in [-0.05, 0) is 48.4 Å². The van der Waals surface area contributed by atoms with E-state index in [1.807, 2.05) is 66.7 Å². The average molecular weight is 366 g/mol. The summed E-state index contributed by atoms with van der Waals surface area (Å²) in [7, 11) is 0. The Morgan fingerprint density at radius 1 is 1.00 bits per heavy atom. The van der Waals surface area contributed by atoms with E-state index in [1.54, 1.807) is 6.20 Å². The molecule has 2 aromatic heterocycles. The molecule has 4 rings (SSSR count). The second kappa shape index (κ2) is 8.19. The lowest BCUT2D eigenvalue weighted by atomic mass is 10.2. The van der Waals surface area contributed by atoms with Crippen LogP contribution in [0.3, 0.4) is 0 Å². The molecule has 2 N–H and O–H groups in total. The lowest BCUT2D eigenvalue weighted by Crippen LogP contribution is -2.12. The molecule has 0 saturated carbocycles. The standard InChI is InChI=1S/C23H18N4O/c28-23(14-13-22-26-20-9-1-2-10-21(20)27-22)25-19-8-5-6-17(16-19)11-12-18-7-3-4-15-24-18/h1-10,15-16H,13-14H2,(H,25,28)(H,26,27). The van der Waals surface area contributed by atoms with Gasteiger partial charge >= 0.3 is 0 Å². The van der Waals surface area contributed by atoms with Crippen LogP contribution in [-0.4, -0.2) is 20.9 Å². The molecule has 2 aromatic carbocycles. The number of hydrogen-bond acceptors (Lipinski definition) is 3. The number of hydrogen-bond donors (Lipinski definition) is 2. The van der Waals surface area contributed by atoms with Crippen molar-refractivity contribution in [3.05, 3.63) is 90.0 Å². The summed E-state index contributed by atoms with van der Waals surface area (Å²) < 4.78 is 0. The quantitative estimate of drug-likeness (QED) is 0.538. The van der Waals surface area contributed by atoms with Crippen molar-refractivity contribution in [3.8, 4) is 11.8 Å². The van der Waals surface area contributed by atoms with Gasteiger partial charge in [0.1, 0.15) is 11.5 Å². The molecule has 5 heteroatoms. The number of benzene rings is 2. The van der Waals surface area contributed by atoms with Crippen LogP contribution in [0.1, 0.15) is 23.5 Å². The van der Waals surface area contributed by atoms with E-state index in [-0.39, 0.29) is 5.91 Å². The number of H-pyrrole nitrogens is 1. The lowest BCUT2D eigenvalue weighted by molar-refractivity contribution is -0.116. The van der Waals surface area contributed by atoms with Crippen molar-refractivity contribution >= 4 is 22.6 Å². The maximum atomic E-state index is 12.3. The molecule has 0 atom stereocenters. The zero-order chi connectivity index (χ0) is 19.2. The van der Waals surface area contributed by atoms with Gasteiger partial charge in [0.15, 0.2) is 0 Å². The first-order valence-corrected chi connectivity index (χ1v) is 9.03. The minimum atomic E-state index is -0.0599. The van der Waals surface area contributed by atoms with Crippen LogP contribution < -0.4 is 5.32 Å². The zero-order valence-electron chi connectivity index (χ0n) is 15.1. The molecule has 0 spiro atoms. The molecule has 0 fully saturated rings. The summed E-state index contributed by atoms with van der Waals surface area (Å²) in [4.78, 5) is 24.2. The fourth-order valence-electron chi connectivity index (χ4n) is 2.83. The summed E-state index contributed by atoms with van der Waals surface area (Å²) in [6.45, 7) is 0. The molecule has 4 aromatic rings.